The predicted octanol–water partition coefficient (Wildman–Crippen LogP) is 4.00. The Balaban J connectivity index is 2.12. The van der Waals surface area contributed by atoms with Gasteiger partial charge in [0.25, 0.3) is 0 Å². The lowest BCUT2D eigenvalue weighted by atomic mass is 9.69. The molecule has 0 heterocycles. The third kappa shape index (κ3) is 2.16. The van der Waals surface area contributed by atoms with E-state index >= 15 is 0 Å². The minimum absolute atomic E-state index is 0.342. The minimum atomic E-state index is -0.363. The molecule has 0 saturated heterocycles. The lowest BCUT2D eigenvalue weighted by Gasteiger charge is -2.41. The van der Waals surface area contributed by atoms with Crippen LogP contribution in [0.25, 0.3) is 0 Å². The summed E-state index contributed by atoms with van der Waals surface area (Å²) in [4.78, 5) is 0. The highest BCUT2D eigenvalue weighted by atomic mass is 16.3. The van der Waals surface area contributed by atoms with Crippen LogP contribution >= 0.6 is 0 Å². The third-order valence-corrected chi connectivity index (χ3v) is 5.12. The van der Waals surface area contributed by atoms with Crippen molar-refractivity contribution in [1.82, 2.24) is 0 Å². The van der Waals surface area contributed by atoms with Crippen molar-refractivity contribution in [3.63, 3.8) is 0 Å². The van der Waals surface area contributed by atoms with E-state index in [4.69, 9.17) is 0 Å². The molecule has 0 aromatic rings. The standard InChI is InChI=1S/C15H28O/c1-11-6-5-7-13(8-11)15(16)10-14(3,4)9-12(15)2/h11-13,16H,5-10H2,1-4H3. The molecule has 4 unspecified atom stereocenters. The SMILES string of the molecule is CC1CCCC(C2(O)CC(C)(C)CC2C)C1. The Morgan fingerprint density at radius 1 is 1.12 bits per heavy atom. The van der Waals surface area contributed by atoms with Gasteiger partial charge in [0.15, 0.2) is 0 Å². The Morgan fingerprint density at radius 3 is 2.31 bits per heavy atom. The quantitative estimate of drug-likeness (QED) is 0.714. The smallest absolute Gasteiger partial charge is 0.0706 e. The Morgan fingerprint density at radius 2 is 1.81 bits per heavy atom. The van der Waals surface area contributed by atoms with Gasteiger partial charge in [0.1, 0.15) is 0 Å². The molecule has 0 amide bonds. The van der Waals surface area contributed by atoms with Gasteiger partial charge in [0.05, 0.1) is 5.60 Å². The van der Waals surface area contributed by atoms with Crippen molar-refractivity contribution in [2.24, 2.45) is 23.2 Å². The van der Waals surface area contributed by atoms with Gasteiger partial charge in [0, 0.05) is 0 Å². The molecule has 0 aromatic heterocycles. The van der Waals surface area contributed by atoms with Crippen molar-refractivity contribution in [2.75, 3.05) is 0 Å². The predicted molar refractivity (Wildman–Crippen MR) is 68.3 cm³/mol. The first-order valence-electron chi connectivity index (χ1n) is 7.06. The zero-order chi connectivity index (χ0) is 12.0. The number of rotatable bonds is 1. The molecule has 94 valence electrons. The molecule has 2 saturated carbocycles. The second-order valence-electron chi connectivity index (χ2n) is 7.41. The number of aliphatic hydroxyl groups is 1. The minimum Gasteiger partial charge on any atom is -0.389 e. The highest BCUT2D eigenvalue weighted by molar-refractivity contribution is 5.02. The molecule has 4 atom stereocenters. The van der Waals surface area contributed by atoms with E-state index in [2.05, 4.69) is 27.7 Å². The average Bonchev–Trinajstić information content (AvgIpc) is 2.36. The molecule has 0 bridgehead atoms. The molecule has 1 heteroatoms. The van der Waals surface area contributed by atoms with E-state index in [1.54, 1.807) is 0 Å². The normalized spacial score (nSPS) is 48.2. The van der Waals surface area contributed by atoms with E-state index in [0.29, 0.717) is 17.3 Å². The maximum Gasteiger partial charge on any atom is 0.0706 e. The highest BCUT2D eigenvalue weighted by Crippen LogP contribution is 2.53. The van der Waals surface area contributed by atoms with Gasteiger partial charge in [0.2, 0.25) is 0 Å². The van der Waals surface area contributed by atoms with E-state index in [1.165, 1.54) is 32.1 Å². The Hall–Kier alpha value is -0.0400. The molecular weight excluding hydrogens is 196 g/mol. The summed E-state index contributed by atoms with van der Waals surface area (Å²) in [5.74, 6) is 1.87. The summed E-state index contributed by atoms with van der Waals surface area (Å²) in [5.41, 5.74) is -0.0208. The van der Waals surface area contributed by atoms with Crippen LogP contribution in [0, 0.1) is 23.2 Å². The van der Waals surface area contributed by atoms with Gasteiger partial charge in [-0.05, 0) is 48.9 Å². The van der Waals surface area contributed by atoms with Crippen LogP contribution in [0.4, 0.5) is 0 Å². The van der Waals surface area contributed by atoms with Gasteiger partial charge >= 0.3 is 0 Å². The van der Waals surface area contributed by atoms with Gasteiger partial charge in [-0.1, -0.05) is 40.5 Å². The van der Waals surface area contributed by atoms with Crippen molar-refractivity contribution in [3.05, 3.63) is 0 Å². The van der Waals surface area contributed by atoms with Crippen LogP contribution in [0.2, 0.25) is 0 Å². The van der Waals surface area contributed by atoms with E-state index in [0.717, 1.165) is 12.3 Å². The Kier molecular flexibility index (Phi) is 3.11. The Bertz CT molecular complexity index is 258. The largest absolute Gasteiger partial charge is 0.389 e. The lowest BCUT2D eigenvalue weighted by Crippen LogP contribution is -2.43. The van der Waals surface area contributed by atoms with Crippen LogP contribution in [-0.4, -0.2) is 10.7 Å². The molecule has 2 aliphatic rings. The van der Waals surface area contributed by atoms with Gasteiger partial charge in [-0.3, -0.25) is 0 Å². The van der Waals surface area contributed by atoms with Crippen molar-refractivity contribution >= 4 is 0 Å². The molecule has 2 fully saturated rings. The van der Waals surface area contributed by atoms with Crippen molar-refractivity contribution < 1.29 is 5.11 Å². The summed E-state index contributed by atoms with van der Waals surface area (Å²) < 4.78 is 0. The van der Waals surface area contributed by atoms with Crippen LogP contribution in [0.15, 0.2) is 0 Å². The topological polar surface area (TPSA) is 20.2 Å². The van der Waals surface area contributed by atoms with Crippen LogP contribution in [0.3, 0.4) is 0 Å². The van der Waals surface area contributed by atoms with Gasteiger partial charge < -0.3 is 5.11 Å². The second-order valence-corrected chi connectivity index (χ2v) is 7.41. The fourth-order valence-corrected chi connectivity index (χ4v) is 4.45. The fourth-order valence-electron chi connectivity index (χ4n) is 4.45. The highest BCUT2D eigenvalue weighted by Gasteiger charge is 2.51. The monoisotopic (exact) mass is 224 g/mol. The van der Waals surface area contributed by atoms with Crippen molar-refractivity contribution in [2.45, 2.75) is 71.8 Å². The summed E-state index contributed by atoms with van der Waals surface area (Å²) in [6.45, 7) is 9.23. The zero-order valence-corrected chi connectivity index (χ0v) is 11.4. The fraction of sp³-hybridized carbons (Fsp3) is 1.00. The van der Waals surface area contributed by atoms with E-state index in [-0.39, 0.29) is 5.60 Å². The first-order chi connectivity index (χ1) is 7.33. The molecule has 2 rings (SSSR count). The summed E-state index contributed by atoms with van der Waals surface area (Å²) in [7, 11) is 0. The van der Waals surface area contributed by atoms with Crippen LogP contribution in [-0.2, 0) is 0 Å². The van der Waals surface area contributed by atoms with Gasteiger partial charge in [-0.15, -0.1) is 0 Å². The van der Waals surface area contributed by atoms with Crippen LogP contribution in [0.5, 0.6) is 0 Å². The molecule has 2 aliphatic carbocycles. The van der Waals surface area contributed by atoms with Crippen LogP contribution < -0.4 is 0 Å². The van der Waals surface area contributed by atoms with Crippen molar-refractivity contribution in [3.8, 4) is 0 Å². The molecule has 0 aromatic carbocycles. The Labute approximate surface area is 101 Å². The molecule has 0 aliphatic heterocycles. The van der Waals surface area contributed by atoms with E-state index < -0.39 is 0 Å². The van der Waals surface area contributed by atoms with Crippen LogP contribution in [0.1, 0.15) is 66.2 Å². The van der Waals surface area contributed by atoms with E-state index in [1.807, 2.05) is 0 Å². The summed E-state index contributed by atoms with van der Waals surface area (Å²) in [6, 6.07) is 0. The lowest BCUT2D eigenvalue weighted by molar-refractivity contribution is -0.0688. The molecule has 1 nitrogen and oxygen atoms in total. The maximum atomic E-state index is 11.0. The van der Waals surface area contributed by atoms with E-state index in [9.17, 15) is 5.11 Å². The van der Waals surface area contributed by atoms with Gasteiger partial charge in [-0.25, -0.2) is 0 Å². The molecule has 16 heavy (non-hydrogen) atoms. The second kappa shape index (κ2) is 4.01. The first-order valence-corrected chi connectivity index (χ1v) is 7.06. The number of hydrogen-bond donors (Lipinski definition) is 1. The molecule has 1 N–H and O–H groups in total. The average molecular weight is 224 g/mol. The summed E-state index contributed by atoms with van der Waals surface area (Å²) in [5, 5.41) is 11.0. The zero-order valence-electron chi connectivity index (χ0n) is 11.4. The molecule has 0 spiro atoms. The first kappa shape index (κ1) is 12.4. The van der Waals surface area contributed by atoms with Gasteiger partial charge in [-0.2, -0.15) is 0 Å². The summed E-state index contributed by atoms with van der Waals surface area (Å²) in [6.07, 6.45) is 7.39. The van der Waals surface area contributed by atoms with Crippen molar-refractivity contribution in [1.29, 1.82) is 0 Å². The molecular formula is C15H28O. The number of hydrogen-bond acceptors (Lipinski definition) is 1. The summed E-state index contributed by atoms with van der Waals surface area (Å²) >= 11 is 0. The third-order valence-electron chi connectivity index (χ3n) is 5.12. The molecule has 0 radical (unpaired) electrons. The maximum absolute atomic E-state index is 11.0.